The highest BCUT2D eigenvalue weighted by Gasteiger charge is 2.42. The number of nitrogens with zero attached hydrogens (tertiary/aromatic N) is 2. The average Bonchev–Trinajstić information content (AvgIpc) is 3.05. The van der Waals surface area contributed by atoms with E-state index in [4.69, 9.17) is 4.74 Å². The molecule has 0 aromatic carbocycles. The lowest BCUT2D eigenvalue weighted by atomic mass is 9.68. The molecule has 1 spiro atoms. The number of rotatable bonds is 6. The summed E-state index contributed by atoms with van der Waals surface area (Å²) in [4.78, 5) is 2.41. The molecule has 0 unspecified atom stereocenters. The van der Waals surface area contributed by atoms with Gasteiger partial charge in [0.1, 0.15) is 0 Å². The Bertz CT molecular complexity index is 531. The molecule has 0 bridgehead atoms. The zero-order chi connectivity index (χ0) is 17.9. The highest BCUT2D eigenvalue weighted by atomic mass is 16.5. The molecule has 1 aromatic rings. The molecule has 3 rings (SSSR count). The monoisotopic (exact) mass is 347 g/mol. The first kappa shape index (κ1) is 18.9. The van der Waals surface area contributed by atoms with Crippen LogP contribution in [0.3, 0.4) is 0 Å². The Kier molecular flexibility index (Phi) is 5.89. The maximum absolute atomic E-state index is 6.50. The molecular weight excluding hydrogens is 310 g/mol. The van der Waals surface area contributed by atoms with E-state index in [-0.39, 0.29) is 5.60 Å². The summed E-state index contributed by atoms with van der Waals surface area (Å²) in [5, 5.41) is 7.63. The fourth-order valence-electron chi connectivity index (χ4n) is 4.47. The number of ether oxygens (including phenoxy) is 1. The molecule has 25 heavy (non-hydrogen) atoms. The van der Waals surface area contributed by atoms with Gasteiger partial charge in [-0.3, -0.25) is 5.10 Å². The van der Waals surface area contributed by atoms with Crippen molar-refractivity contribution in [3.05, 3.63) is 17.5 Å². The Labute approximate surface area is 153 Å². The zero-order valence-electron chi connectivity index (χ0n) is 16.7. The second-order valence-electron chi connectivity index (χ2n) is 9.29. The summed E-state index contributed by atoms with van der Waals surface area (Å²) in [5.74, 6) is 0.484. The van der Waals surface area contributed by atoms with E-state index in [1.54, 1.807) is 0 Å². The van der Waals surface area contributed by atoms with Crippen LogP contribution in [0.5, 0.6) is 0 Å². The molecule has 1 aliphatic heterocycles. The molecule has 2 aliphatic rings. The van der Waals surface area contributed by atoms with Crippen LogP contribution in [-0.2, 0) is 11.3 Å². The third-order valence-corrected chi connectivity index (χ3v) is 6.55. The van der Waals surface area contributed by atoms with E-state index in [1.165, 1.54) is 62.6 Å². The minimum absolute atomic E-state index is 0.171. The lowest BCUT2D eigenvalue weighted by Gasteiger charge is -2.47. The van der Waals surface area contributed by atoms with Gasteiger partial charge in [0.05, 0.1) is 18.4 Å². The van der Waals surface area contributed by atoms with Crippen molar-refractivity contribution in [3.8, 4) is 0 Å². The summed E-state index contributed by atoms with van der Waals surface area (Å²) in [7, 11) is 2.21. The van der Waals surface area contributed by atoms with Crippen LogP contribution >= 0.6 is 0 Å². The van der Waals surface area contributed by atoms with E-state index in [0.29, 0.717) is 11.3 Å². The third kappa shape index (κ3) is 4.65. The van der Waals surface area contributed by atoms with Gasteiger partial charge in [0.15, 0.2) is 0 Å². The quantitative estimate of drug-likeness (QED) is 0.798. The molecule has 4 nitrogen and oxygen atoms in total. The molecule has 0 amide bonds. The smallest absolute Gasteiger partial charge is 0.0683 e. The molecule has 1 atom stereocenters. The summed E-state index contributed by atoms with van der Waals surface area (Å²) in [5.41, 5.74) is 3.34. The first-order valence-electron chi connectivity index (χ1n) is 10.3. The number of nitrogens with one attached hydrogen (secondary N) is 1. The first-order chi connectivity index (χ1) is 11.9. The second kappa shape index (κ2) is 7.79. The van der Waals surface area contributed by atoms with Crippen molar-refractivity contribution in [2.24, 2.45) is 5.41 Å². The largest absolute Gasteiger partial charge is 0.374 e. The summed E-state index contributed by atoms with van der Waals surface area (Å²) in [6.07, 6.45) is 12.0. The van der Waals surface area contributed by atoms with E-state index in [2.05, 4.69) is 42.9 Å². The van der Waals surface area contributed by atoms with Gasteiger partial charge >= 0.3 is 0 Å². The molecule has 1 aliphatic carbocycles. The van der Waals surface area contributed by atoms with Crippen molar-refractivity contribution in [2.75, 3.05) is 20.2 Å². The number of hydrogen-bond acceptors (Lipinski definition) is 3. The molecule has 2 heterocycles. The van der Waals surface area contributed by atoms with Crippen molar-refractivity contribution in [2.45, 2.75) is 90.2 Å². The van der Waals surface area contributed by atoms with Crippen LogP contribution in [-0.4, -0.2) is 40.9 Å². The van der Waals surface area contributed by atoms with Gasteiger partial charge in [0.2, 0.25) is 0 Å². The molecule has 0 radical (unpaired) electrons. The normalized spacial score (nSPS) is 25.6. The van der Waals surface area contributed by atoms with Gasteiger partial charge in [-0.05, 0) is 64.0 Å². The Morgan fingerprint density at radius 3 is 2.64 bits per heavy atom. The predicted octanol–water partition coefficient (Wildman–Crippen LogP) is 4.87. The number of H-pyrrole nitrogens is 1. The van der Waals surface area contributed by atoms with Crippen molar-refractivity contribution in [1.82, 2.24) is 15.1 Å². The molecule has 142 valence electrons. The summed E-state index contributed by atoms with van der Waals surface area (Å²) in [6.45, 7) is 10.0. The highest BCUT2D eigenvalue weighted by molar-refractivity contribution is 5.21. The van der Waals surface area contributed by atoms with Crippen LogP contribution in [0.15, 0.2) is 6.20 Å². The summed E-state index contributed by atoms with van der Waals surface area (Å²) >= 11 is 0. The summed E-state index contributed by atoms with van der Waals surface area (Å²) < 4.78 is 6.50. The van der Waals surface area contributed by atoms with Gasteiger partial charge < -0.3 is 9.64 Å². The number of unbranched alkanes of at least 4 members (excludes halogenated alkanes) is 1. The van der Waals surface area contributed by atoms with E-state index in [1.807, 2.05) is 6.20 Å². The standard InChI is InChI=1S/C21H37N3O/c1-5-6-13-24(4)15-18-14-22-23-19(18)17-7-8-21(25-16-17)11-9-20(2,3)10-12-21/h14,17H,5-13,15-16H2,1-4H3,(H,22,23)/t17-/m0/s1. The van der Waals surface area contributed by atoms with E-state index >= 15 is 0 Å². The van der Waals surface area contributed by atoms with Crippen LogP contribution in [0.1, 0.15) is 89.3 Å². The molecule has 2 fully saturated rings. The van der Waals surface area contributed by atoms with Crippen LogP contribution in [0.25, 0.3) is 0 Å². The maximum atomic E-state index is 6.50. The van der Waals surface area contributed by atoms with E-state index < -0.39 is 0 Å². The first-order valence-corrected chi connectivity index (χ1v) is 10.3. The molecule has 1 saturated heterocycles. The molecule has 1 N–H and O–H groups in total. The van der Waals surface area contributed by atoms with Gasteiger partial charge in [0.25, 0.3) is 0 Å². The third-order valence-electron chi connectivity index (χ3n) is 6.55. The van der Waals surface area contributed by atoms with Gasteiger partial charge in [-0.25, -0.2) is 0 Å². The summed E-state index contributed by atoms with van der Waals surface area (Å²) in [6, 6.07) is 0. The van der Waals surface area contributed by atoms with Crippen molar-refractivity contribution >= 4 is 0 Å². The van der Waals surface area contributed by atoms with Crippen molar-refractivity contribution < 1.29 is 4.74 Å². The van der Waals surface area contributed by atoms with E-state index in [0.717, 1.165) is 19.7 Å². The predicted molar refractivity (Wildman–Crippen MR) is 103 cm³/mol. The van der Waals surface area contributed by atoms with Crippen molar-refractivity contribution in [1.29, 1.82) is 0 Å². The second-order valence-corrected chi connectivity index (χ2v) is 9.29. The van der Waals surface area contributed by atoms with E-state index in [9.17, 15) is 0 Å². The van der Waals surface area contributed by atoms with Crippen LogP contribution in [0.2, 0.25) is 0 Å². The molecule has 1 aromatic heterocycles. The number of aromatic nitrogens is 2. The Hall–Kier alpha value is -0.870. The van der Waals surface area contributed by atoms with Crippen LogP contribution in [0.4, 0.5) is 0 Å². The lowest BCUT2D eigenvalue weighted by molar-refractivity contribution is -0.122. The number of hydrogen-bond donors (Lipinski definition) is 1. The fourth-order valence-corrected chi connectivity index (χ4v) is 4.47. The highest BCUT2D eigenvalue weighted by Crippen LogP contribution is 2.47. The molecular formula is C21H37N3O. The minimum atomic E-state index is 0.171. The Morgan fingerprint density at radius 2 is 2.00 bits per heavy atom. The van der Waals surface area contributed by atoms with Crippen LogP contribution in [0, 0.1) is 5.41 Å². The fraction of sp³-hybridized carbons (Fsp3) is 0.857. The SMILES string of the molecule is CCCCN(C)Cc1cn[nH]c1[C@H]1CCC2(CCC(C)(C)CC2)OC1. The number of aromatic amines is 1. The van der Waals surface area contributed by atoms with Gasteiger partial charge in [-0.1, -0.05) is 27.2 Å². The Morgan fingerprint density at radius 1 is 1.24 bits per heavy atom. The van der Waals surface area contributed by atoms with Gasteiger partial charge in [0, 0.05) is 23.7 Å². The maximum Gasteiger partial charge on any atom is 0.0683 e. The van der Waals surface area contributed by atoms with Crippen molar-refractivity contribution in [3.63, 3.8) is 0 Å². The lowest BCUT2D eigenvalue weighted by Crippen LogP contribution is -2.43. The topological polar surface area (TPSA) is 41.2 Å². The van der Waals surface area contributed by atoms with Gasteiger partial charge in [-0.15, -0.1) is 0 Å². The molecule has 1 saturated carbocycles. The van der Waals surface area contributed by atoms with Gasteiger partial charge in [-0.2, -0.15) is 5.10 Å². The zero-order valence-corrected chi connectivity index (χ0v) is 16.7. The Balaban J connectivity index is 1.56. The van der Waals surface area contributed by atoms with Crippen LogP contribution < -0.4 is 0 Å². The molecule has 4 heteroatoms. The average molecular weight is 348 g/mol. The minimum Gasteiger partial charge on any atom is -0.374 e.